The van der Waals surface area contributed by atoms with E-state index in [1.165, 1.54) is 0 Å². The number of anilines is 1. The van der Waals surface area contributed by atoms with E-state index in [0.29, 0.717) is 12.6 Å². The van der Waals surface area contributed by atoms with Gasteiger partial charge >= 0.3 is 5.97 Å². The van der Waals surface area contributed by atoms with E-state index in [-0.39, 0.29) is 12.4 Å². The van der Waals surface area contributed by atoms with Crippen molar-refractivity contribution < 1.29 is 14.6 Å². The third-order valence-corrected chi connectivity index (χ3v) is 3.21. The quantitative estimate of drug-likeness (QED) is 0.796. The van der Waals surface area contributed by atoms with Crippen LogP contribution >= 0.6 is 0 Å². The molecule has 2 heterocycles. The van der Waals surface area contributed by atoms with Gasteiger partial charge in [0.2, 0.25) is 5.95 Å². The Labute approximate surface area is 110 Å². The number of carbonyl (C=O) groups is 1. The number of hydrogen-bond donors (Lipinski definition) is 2. The zero-order valence-electron chi connectivity index (χ0n) is 10.5. The molecule has 0 aliphatic carbocycles. The molecular formula is C13H15N3O3. The topological polar surface area (TPSA) is 76.4 Å². The molecule has 0 fully saturated rings. The van der Waals surface area contributed by atoms with Gasteiger partial charge in [-0.05, 0) is 19.1 Å². The molecule has 1 aromatic carbocycles. The number of aromatic nitrogens is 2. The van der Waals surface area contributed by atoms with Gasteiger partial charge in [-0.2, -0.15) is 0 Å². The van der Waals surface area contributed by atoms with Crippen molar-refractivity contribution in [3.8, 4) is 0 Å². The molecule has 0 spiro atoms. The van der Waals surface area contributed by atoms with Crippen LogP contribution in [0.5, 0.6) is 0 Å². The predicted molar refractivity (Wildman–Crippen MR) is 69.6 cm³/mol. The molecule has 3 rings (SSSR count). The second-order valence-corrected chi connectivity index (χ2v) is 4.46. The maximum absolute atomic E-state index is 12.0. The SMILES string of the molecule is CCOC(=O)[C@H]1C[C@H](O)Nc2nc3ccccc3n21. The van der Waals surface area contributed by atoms with Crippen LogP contribution in [0, 0.1) is 0 Å². The number of esters is 1. The highest BCUT2D eigenvalue weighted by Crippen LogP contribution is 2.32. The van der Waals surface area contributed by atoms with Gasteiger partial charge in [0.25, 0.3) is 0 Å². The van der Waals surface area contributed by atoms with Gasteiger partial charge in [-0.15, -0.1) is 0 Å². The second-order valence-electron chi connectivity index (χ2n) is 4.46. The first-order valence-electron chi connectivity index (χ1n) is 6.29. The van der Waals surface area contributed by atoms with E-state index in [2.05, 4.69) is 10.3 Å². The standard InChI is InChI=1S/C13H15N3O3/c1-2-19-12(18)10-7-11(17)15-13-14-8-5-3-4-6-9(8)16(10)13/h3-6,10-11,17H,2,7H2,1H3,(H,14,15)/t10-,11+/m1/s1. The fourth-order valence-electron chi connectivity index (χ4n) is 2.43. The van der Waals surface area contributed by atoms with Gasteiger partial charge in [-0.1, -0.05) is 12.1 Å². The smallest absolute Gasteiger partial charge is 0.329 e. The normalized spacial score (nSPS) is 21.8. The Hall–Kier alpha value is -2.08. The lowest BCUT2D eigenvalue weighted by molar-refractivity contribution is -0.148. The number of aliphatic hydroxyl groups excluding tert-OH is 1. The van der Waals surface area contributed by atoms with Gasteiger partial charge in [-0.25, -0.2) is 9.78 Å². The first kappa shape index (κ1) is 12.0. The largest absolute Gasteiger partial charge is 0.464 e. The summed E-state index contributed by atoms with van der Waals surface area (Å²) in [6.07, 6.45) is -0.523. The van der Waals surface area contributed by atoms with Crippen LogP contribution in [0.1, 0.15) is 19.4 Å². The molecule has 0 saturated carbocycles. The number of nitrogens with one attached hydrogen (secondary N) is 1. The van der Waals surface area contributed by atoms with Gasteiger partial charge in [0.05, 0.1) is 17.6 Å². The molecule has 2 N–H and O–H groups in total. The van der Waals surface area contributed by atoms with E-state index in [1.54, 1.807) is 11.5 Å². The van der Waals surface area contributed by atoms with Crippen LogP contribution in [0.25, 0.3) is 11.0 Å². The third-order valence-electron chi connectivity index (χ3n) is 3.21. The molecule has 1 aliphatic heterocycles. The van der Waals surface area contributed by atoms with Crippen molar-refractivity contribution in [2.75, 3.05) is 11.9 Å². The molecule has 1 aromatic heterocycles. The van der Waals surface area contributed by atoms with Crippen molar-refractivity contribution in [1.29, 1.82) is 0 Å². The molecule has 0 bridgehead atoms. The Morgan fingerprint density at radius 2 is 2.37 bits per heavy atom. The Balaban J connectivity index is 2.12. The van der Waals surface area contributed by atoms with Crippen molar-refractivity contribution in [1.82, 2.24) is 9.55 Å². The van der Waals surface area contributed by atoms with Crippen molar-refractivity contribution in [2.45, 2.75) is 25.6 Å². The number of fused-ring (bicyclic) bond motifs is 3. The summed E-state index contributed by atoms with van der Waals surface area (Å²) in [5.41, 5.74) is 1.64. The molecule has 0 unspecified atom stereocenters. The molecular weight excluding hydrogens is 246 g/mol. The highest BCUT2D eigenvalue weighted by Gasteiger charge is 2.33. The number of aliphatic hydroxyl groups is 1. The number of carbonyl (C=O) groups excluding carboxylic acids is 1. The summed E-state index contributed by atoms with van der Waals surface area (Å²) in [4.78, 5) is 16.4. The van der Waals surface area contributed by atoms with Crippen molar-refractivity contribution >= 4 is 23.0 Å². The molecule has 19 heavy (non-hydrogen) atoms. The summed E-state index contributed by atoms with van der Waals surface area (Å²) < 4.78 is 6.87. The minimum absolute atomic E-state index is 0.270. The summed E-state index contributed by atoms with van der Waals surface area (Å²) >= 11 is 0. The van der Waals surface area contributed by atoms with E-state index in [9.17, 15) is 9.90 Å². The van der Waals surface area contributed by atoms with Crippen molar-refractivity contribution in [3.05, 3.63) is 24.3 Å². The summed E-state index contributed by atoms with van der Waals surface area (Å²) in [7, 11) is 0. The lowest BCUT2D eigenvalue weighted by Crippen LogP contribution is -2.36. The molecule has 2 atom stereocenters. The summed E-state index contributed by atoms with van der Waals surface area (Å²) in [5, 5.41) is 12.7. The van der Waals surface area contributed by atoms with Crippen molar-refractivity contribution in [2.24, 2.45) is 0 Å². The highest BCUT2D eigenvalue weighted by molar-refractivity contribution is 5.84. The number of nitrogens with zero attached hydrogens (tertiary/aromatic N) is 2. The summed E-state index contributed by atoms with van der Waals surface area (Å²) in [5.74, 6) is 0.158. The second kappa shape index (κ2) is 4.55. The number of rotatable bonds is 2. The Bertz CT molecular complexity index is 623. The van der Waals surface area contributed by atoms with E-state index in [0.717, 1.165) is 11.0 Å². The number of para-hydroxylation sites is 2. The minimum atomic E-state index is -0.793. The number of hydrogen-bond acceptors (Lipinski definition) is 5. The molecule has 100 valence electrons. The molecule has 6 nitrogen and oxygen atoms in total. The highest BCUT2D eigenvalue weighted by atomic mass is 16.5. The van der Waals surface area contributed by atoms with Crippen LogP contribution in [-0.2, 0) is 9.53 Å². The fourth-order valence-corrected chi connectivity index (χ4v) is 2.43. The van der Waals surface area contributed by atoms with Gasteiger partial charge < -0.3 is 15.2 Å². The van der Waals surface area contributed by atoms with Crippen LogP contribution < -0.4 is 5.32 Å². The van der Waals surface area contributed by atoms with Gasteiger partial charge in [-0.3, -0.25) is 4.57 Å². The van der Waals surface area contributed by atoms with Gasteiger partial charge in [0.15, 0.2) is 0 Å². The zero-order chi connectivity index (χ0) is 13.4. The predicted octanol–water partition coefficient (Wildman–Crippen LogP) is 1.27. The first-order chi connectivity index (χ1) is 9.20. The number of ether oxygens (including phenoxy) is 1. The molecule has 0 amide bonds. The number of imidazole rings is 1. The maximum atomic E-state index is 12.0. The van der Waals surface area contributed by atoms with Crippen LogP contribution in [0.15, 0.2) is 24.3 Å². The fraction of sp³-hybridized carbons (Fsp3) is 0.385. The van der Waals surface area contributed by atoms with Crippen molar-refractivity contribution in [3.63, 3.8) is 0 Å². The average molecular weight is 261 g/mol. The zero-order valence-corrected chi connectivity index (χ0v) is 10.5. The minimum Gasteiger partial charge on any atom is -0.464 e. The van der Waals surface area contributed by atoms with E-state index < -0.39 is 12.3 Å². The number of benzene rings is 1. The summed E-state index contributed by atoms with van der Waals surface area (Å²) in [6, 6.07) is 7.01. The van der Waals surface area contributed by atoms with Crippen LogP contribution in [0.2, 0.25) is 0 Å². The maximum Gasteiger partial charge on any atom is 0.329 e. The Kier molecular flexibility index (Phi) is 2.87. The first-order valence-corrected chi connectivity index (χ1v) is 6.29. The van der Waals surface area contributed by atoms with Crippen LogP contribution in [-0.4, -0.2) is 33.5 Å². The van der Waals surface area contributed by atoms with E-state index in [1.807, 2.05) is 24.3 Å². The average Bonchev–Trinajstić information content (AvgIpc) is 2.75. The summed E-state index contributed by atoms with van der Waals surface area (Å²) in [6.45, 7) is 2.09. The lowest BCUT2D eigenvalue weighted by atomic mass is 10.1. The van der Waals surface area contributed by atoms with Gasteiger partial charge in [0, 0.05) is 6.42 Å². The van der Waals surface area contributed by atoms with Crippen LogP contribution in [0.3, 0.4) is 0 Å². The third kappa shape index (κ3) is 1.94. The molecule has 0 radical (unpaired) electrons. The van der Waals surface area contributed by atoms with E-state index >= 15 is 0 Å². The molecule has 2 aromatic rings. The van der Waals surface area contributed by atoms with Gasteiger partial charge in [0.1, 0.15) is 12.3 Å². The Morgan fingerprint density at radius 3 is 3.16 bits per heavy atom. The monoisotopic (exact) mass is 261 g/mol. The van der Waals surface area contributed by atoms with E-state index in [4.69, 9.17) is 4.74 Å². The Morgan fingerprint density at radius 1 is 1.58 bits per heavy atom. The molecule has 0 saturated heterocycles. The lowest BCUT2D eigenvalue weighted by Gasteiger charge is -2.28. The molecule has 6 heteroatoms. The van der Waals surface area contributed by atoms with Crippen LogP contribution in [0.4, 0.5) is 5.95 Å². The molecule has 1 aliphatic rings.